The Morgan fingerprint density at radius 1 is 1.50 bits per heavy atom. The fourth-order valence-corrected chi connectivity index (χ4v) is 1.69. The Balaban J connectivity index is 2.00. The van der Waals surface area contributed by atoms with Crippen molar-refractivity contribution in [1.29, 1.82) is 0 Å². The monoisotopic (exact) mass is 223 g/mol. The molecule has 1 unspecified atom stereocenters. The van der Waals surface area contributed by atoms with Gasteiger partial charge in [0, 0.05) is 12.7 Å². The molecule has 0 aliphatic carbocycles. The van der Waals surface area contributed by atoms with E-state index in [1.807, 2.05) is 0 Å². The number of hydrogen-bond acceptors (Lipinski definition) is 4. The van der Waals surface area contributed by atoms with E-state index in [1.54, 1.807) is 18.2 Å². The Morgan fingerprint density at radius 2 is 2.31 bits per heavy atom. The third-order valence-electron chi connectivity index (χ3n) is 2.51. The molecule has 1 heterocycles. The van der Waals surface area contributed by atoms with Gasteiger partial charge in [0.1, 0.15) is 6.61 Å². The first-order chi connectivity index (χ1) is 7.77. The lowest BCUT2D eigenvalue weighted by atomic mass is 10.2. The normalized spacial score (nSPS) is 19.6. The van der Waals surface area contributed by atoms with E-state index in [1.165, 1.54) is 6.07 Å². The molecule has 16 heavy (non-hydrogen) atoms. The fourth-order valence-electron chi connectivity index (χ4n) is 1.69. The van der Waals surface area contributed by atoms with Crippen molar-refractivity contribution < 1.29 is 14.4 Å². The second kappa shape index (κ2) is 4.94. The number of rotatable bonds is 4. The van der Waals surface area contributed by atoms with E-state index in [4.69, 9.17) is 9.47 Å². The minimum Gasteiger partial charge on any atom is -0.484 e. The van der Waals surface area contributed by atoms with Crippen LogP contribution in [0.1, 0.15) is 12.8 Å². The highest BCUT2D eigenvalue weighted by molar-refractivity contribution is 5.45. The van der Waals surface area contributed by atoms with Crippen LogP contribution in [0.4, 0.5) is 5.69 Å². The Labute approximate surface area is 93.1 Å². The van der Waals surface area contributed by atoms with Gasteiger partial charge in [0.25, 0.3) is 0 Å². The Morgan fingerprint density at radius 3 is 3.00 bits per heavy atom. The molecule has 86 valence electrons. The van der Waals surface area contributed by atoms with Crippen LogP contribution in [-0.2, 0) is 4.74 Å². The van der Waals surface area contributed by atoms with Gasteiger partial charge in [-0.15, -0.1) is 0 Å². The first-order valence-corrected chi connectivity index (χ1v) is 5.25. The number of nitro benzene ring substituents is 1. The van der Waals surface area contributed by atoms with Crippen LogP contribution in [0.3, 0.4) is 0 Å². The van der Waals surface area contributed by atoms with Gasteiger partial charge in [-0.3, -0.25) is 10.1 Å². The quantitative estimate of drug-likeness (QED) is 0.579. The third-order valence-corrected chi connectivity index (χ3v) is 2.51. The maximum Gasteiger partial charge on any atom is 0.310 e. The van der Waals surface area contributed by atoms with Crippen LogP contribution in [0, 0.1) is 10.1 Å². The number of hydrogen-bond donors (Lipinski definition) is 0. The minimum atomic E-state index is -0.440. The summed E-state index contributed by atoms with van der Waals surface area (Å²) >= 11 is 0. The summed E-state index contributed by atoms with van der Waals surface area (Å²) < 4.78 is 10.8. The van der Waals surface area contributed by atoms with Crippen molar-refractivity contribution >= 4 is 5.69 Å². The molecule has 1 aromatic rings. The van der Waals surface area contributed by atoms with E-state index in [0.29, 0.717) is 12.4 Å². The van der Waals surface area contributed by atoms with Crippen LogP contribution in [0.25, 0.3) is 0 Å². The van der Waals surface area contributed by atoms with Crippen molar-refractivity contribution in [3.63, 3.8) is 0 Å². The molecule has 5 heteroatoms. The summed E-state index contributed by atoms with van der Waals surface area (Å²) in [5, 5.41) is 10.7. The summed E-state index contributed by atoms with van der Waals surface area (Å²) in [7, 11) is 0. The molecule has 0 spiro atoms. The molecule has 1 aliphatic rings. The minimum absolute atomic E-state index is 0.000460. The van der Waals surface area contributed by atoms with Gasteiger partial charge in [0.05, 0.1) is 11.0 Å². The number of para-hydroxylation sites is 2. The Bertz CT molecular complexity index is 374. The van der Waals surface area contributed by atoms with E-state index < -0.39 is 4.92 Å². The largest absolute Gasteiger partial charge is 0.484 e. The molecule has 5 nitrogen and oxygen atoms in total. The van der Waals surface area contributed by atoms with Crippen LogP contribution in [-0.4, -0.2) is 24.2 Å². The number of nitrogens with zero attached hydrogens (tertiary/aromatic N) is 1. The highest BCUT2D eigenvalue weighted by Crippen LogP contribution is 2.26. The summed E-state index contributed by atoms with van der Waals surface area (Å²) in [5.74, 6) is 0.308. The van der Waals surface area contributed by atoms with Gasteiger partial charge in [0.15, 0.2) is 5.75 Å². The molecule has 0 radical (unpaired) electrons. The van der Waals surface area contributed by atoms with Gasteiger partial charge in [0.2, 0.25) is 0 Å². The SMILES string of the molecule is O=[N+]([O-])c1ccccc1OCC1CCCO1. The van der Waals surface area contributed by atoms with E-state index in [-0.39, 0.29) is 11.8 Å². The van der Waals surface area contributed by atoms with Gasteiger partial charge >= 0.3 is 5.69 Å². The summed E-state index contributed by atoms with van der Waals surface area (Å²) in [6, 6.07) is 6.38. The molecule has 0 saturated carbocycles. The van der Waals surface area contributed by atoms with Gasteiger partial charge in [-0.25, -0.2) is 0 Å². The van der Waals surface area contributed by atoms with E-state index in [0.717, 1.165) is 19.4 Å². The summed E-state index contributed by atoms with van der Waals surface area (Å²) in [5.41, 5.74) is 0.000460. The van der Waals surface area contributed by atoms with Gasteiger partial charge in [-0.1, -0.05) is 12.1 Å². The van der Waals surface area contributed by atoms with E-state index >= 15 is 0 Å². The third kappa shape index (κ3) is 2.49. The first-order valence-electron chi connectivity index (χ1n) is 5.25. The van der Waals surface area contributed by atoms with Crippen molar-refractivity contribution in [2.75, 3.05) is 13.2 Å². The highest BCUT2D eigenvalue weighted by atomic mass is 16.6. The molecule has 2 rings (SSSR count). The molecule has 1 saturated heterocycles. The maximum absolute atomic E-state index is 10.7. The van der Waals surface area contributed by atoms with Crippen LogP contribution < -0.4 is 4.74 Å². The molecule has 0 aromatic heterocycles. The number of benzene rings is 1. The molecule has 1 aromatic carbocycles. The average molecular weight is 223 g/mol. The van der Waals surface area contributed by atoms with Gasteiger partial charge in [-0.05, 0) is 18.9 Å². The fraction of sp³-hybridized carbons (Fsp3) is 0.455. The van der Waals surface area contributed by atoms with Gasteiger partial charge in [-0.2, -0.15) is 0 Å². The zero-order valence-corrected chi connectivity index (χ0v) is 8.80. The molecule has 0 amide bonds. The number of ether oxygens (including phenoxy) is 2. The molecule has 1 aliphatic heterocycles. The topological polar surface area (TPSA) is 61.6 Å². The zero-order valence-electron chi connectivity index (χ0n) is 8.80. The maximum atomic E-state index is 10.7. The van der Waals surface area contributed by atoms with Crippen molar-refractivity contribution in [2.45, 2.75) is 18.9 Å². The Hall–Kier alpha value is -1.62. The zero-order chi connectivity index (χ0) is 11.4. The number of nitro groups is 1. The van der Waals surface area contributed by atoms with Crippen LogP contribution >= 0.6 is 0 Å². The summed E-state index contributed by atoms with van der Waals surface area (Å²) in [6.07, 6.45) is 2.06. The van der Waals surface area contributed by atoms with Crippen LogP contribution in [0.2, 0.25) is 0 Å². The lowest BCUT2D eigenvalue weighted by molar-refractivity contribution is -0.385. The molecular weight excluding hydrogens is 210 g/mol. The Kier molecular flexibility index (Phi) is 3.36. The van der Waals surface area contributed by atoms with Crippen molar-refractivity contribution in [3.05, 3.63) is 34.4 Å². The van der Waals surface area contributed by atoms with Crippen LogP contribution in [0.5, 0.6) is 5.75 Å². The van der Waals surface area contributed by atoms with Crippen LogP contribution in [0.15, 0.2) is 24.3 Å². The molecule has 1 atom stereocenters. The second-order valence-electron chi connectivity index (χ2n) is 3.67. The molecule has 0 N–H and O–H groups in total. The van der Waals surface area contributed by atoms with Crippen molar-refractivity contribution in [3.8, 4) is 5.75 Å². The second-order valence-corrected chi connectivity index (χ2v) is 3.67. The average Bonchev–Trinajstić information content (AvgIpc) is 2.79. The molecule has 0 bridgehead atoms. The lowest BCUT2D eigenvalue weighted by Crippen LogP contribution is -2.16. The predicted molar refractivity (Wildman–Crippen MR) is 57.6 cm³/mol. The van der Waals surface area contributed by atoms with Crippen molar-refractivity contribution in [2.24, 2.45) is 0 Å². The van der Waals surface area contributed by atoms with Gasteiger partial charge < -0.3 is 9.47 Å². The lowest BCUT2D eigenvalue weighted by Gasteiger charge is -2.11. The molecular formula is C11H13NO4. The highest BCUT2D eigenvalue weighted by Gasteiger charge is 2.19. The van der Waals surface area contributed by atoms with Crippen molar-refractivity contribution in [1.82, 2.24) is 0 Å². The summed E-state index contributed by atoms with van der Waals surface area (Å²) in [4.78, 5) is 10.3. The summed E-state index contributed by atoms with van der Waals surface area (Å²) in [6.45, 7) is 1.13. The standard InChI is InChI=1S/C11H13NO4/c13-12(14)10-5-1-2-6-11(10)16-8-9-4-3-7-15-9/h1-2,5-6,9H,3-4,7-8H2. The first kappa shape index (κ1) is 10.9. The van der Waals surface area contributed by atoms with E-state index in [2.05, 4.69) is 0 Å². The predicted octanol–water partition coefficient (Wildman–Crippen LogP) is 2.15. The molecule has 1 fully saturated rings. The smallest absolute Gasteiger partial charge is 0.310 e. The van der Waals surface area contributed by atoms with E-state index in [9.17, 15) is 10.1 Å².